The zero-order valence-electron chi connectivity index (χ0n) is 12.4. The van der Waals surface area contributed by atoms with E-state index in [9.17, 15) is 4.79 Å². The average molecular weight is 324 g/mol. The second-order valence-corrected chi connectivity index (χ2v) is 6.02. The third-order valence-corrected chi connectivity index (χ3v) is 4.31. The van der Waals surface area contributed by atoms with Gasteiger partial charge in [0.2, 0.25) is 0 Å². The fourth-order valence-electron chi connectivity index (χ4n) is 2.32. The van der Waals surface area contributed by atoms with Gasteiger partial charge in [0, 0.05) is 23.1 Å². The smallest absolute Gasteiger partial charge is 0.313 e. The molecule has 1 heterocycles. The lowest BCUT2D eigenvalue weighted by Gasteiger charge is -2.01. The van der Waals surface area contributed by atoms with Crippen LogP contribution in [0.1, 0.15) is 5.56 Å². The molecule has 3 aromatic rings. The molecule has 23 heavy (non-hydrogen) atoms. The van der Waals surface area contributed by atoms with Gasteiger partial charge in [-0.15, -0.1) is 11.8 Å². The fourth-order valence-corrected chi connectivity index (χ4v) is 3.02. The molecule has 0 spiro atoms. The molecule has 0 aliphatic carbocycles. The second kappa shape index (κ2) is 7.15. The Morgan fingerprint density at radius 1 is 1.04 bits per heavy atom. The summed E-state index contributed by atoms with van der Waals surface area (Å²) in [6.07, 6.45) is 1.98. The van der Waals surface area contributed by atoms with Crippen molar-refractivity contribution in [3.8, 4) is 16.9 Å². The van der Waals surface area contributed by atoms with E-state index in [4.69, 9.17) is 10.2 Å². The highest BCUT2D eigenvalue weighted by Crippen LogP contribution is 2.26. The van der Waals surface area contributed by atoms with Gasteiger partial charge in [-0.3, -0.25) is 4.79 Å². The zero-order valence-corrected chi connectivity index (χ0v) is 13.2. The summed E-state index contributed by atoms with van der Waals surface area (Å²) >= 11 is 1.38. The number of para-hydroxylation sites is 1. The highest BCUT2D eigenvalue weighted by molar-refractivity contribution is 7.99. The summed E-state index contributed by atoms with van der Waals surface area (Å²) in [5.74, 6) is -0.0969. The number of aromatic nitrogens is 2. The van der Waals surface area contributed by atoms with Crippen molar-refractivity contribution >= 4 is 17.7 Å². The van der Waals surface area contributed by atoms with Crippen molar-refractivity contribution in [2.45, 2.75) is 5.75 Å². The van der Waals surface area contributed by atoms with Crippen LogP contribution < -0.4 is 0 Å². The molecule has 1 aromatic heterocycles. The molecule has 0 saturated heterocycles. The van der Waals surface area contributed by atoms with Gasteiger partial charge in [-0.05, 0) is 12.1 Å². The summed E-state index contributed by atoms with van der Waals surface area (Å²) in [5.41, 5.74) is 3.95. The lowest BCUT2D eigenvalue weighted by Crippen LogP contribution is -1.98. The average Bonchev–Trinajstić information content (AvgIpc) is 3.00. The molecule has 3 rings (SSSR count). The van der Waals surface area contributed by atoms with Gasteiger partial charge in [-0.2, -0.15) is 5.10 Å². The Hall–Kier alpha value is -2.53. The molecule has 0 amide bonds. The maximum absolute atomic E-state index is 10.7. The lowest BCUT2D eigenvalue weighted by molar-refractivity contribution is -0.133. The van der Waals surface area contributed by atoms with Gasteiger partial charge in [0.25, 0.3) is 0 Å². The molecular weight excluding hydrogens is 308 g/mol. The van der Waals surface area contributed by atoms with Crippen LogP contribution in [0.4, 0.5) is 0 Å². The van der Waals surface area contributed by atoms with Gasteiger partial charge in [-0.1, -0.05) is 48.5 Å². The minimum absolute atomic E-state index is 0.0880. The van der Waals surface area contributed by atoms with Crippen LogP contribution in [-0.4, -0.2) is 26.6 Å². The van der Waals surface area contributed by atoms with E-state index in [0.29, 0.717) is 5.75 Å². The number of hydrogen-bond donors (Lipinski definition) is 1. The number of hydrogen-bond acceptors (Lipinski definition) is 3. The first-order valence-electron chi connectivity index (χ1n) is 7.23. The van der Waals surface area contributed by atoms with E-state index >= 15 is 0 Å². The maximum Gasteiger partial charge on any atom is 0.313 e. The predicted octanol–water partition coefficient (Wildman–Crippen LogP) is 3.86. The van der Waals surface area contributed by atoms with Crippen LogP contribution in [0, 0.1) is 0 Å². The zero-order chi connectivity index (χ0) is 16.1. The van der Waals surface area contributed by atoms with Crippen molar-refractivity contribution in [2.75, 3.05) is 5.75 Å². The molecule has 0 aliphatic rings. The molecule has 0 atom stereocenters. The lowest BCUT2D eigenvalue weighted by atomic mass is 10.1. The molecule has 5 heteroatoms. The Balaban J connectivity index is 1.95. The normalized spacial score (nSPS) is 10.6. The van der Waals surface area contributed by atoms with Crippen LogP contribution in [0.25, 0.3) is 16.9 Å². The van der Waals surface area contributed by atoms with Crippen LogP contribution in [-0.2, 0) is 10.5 Å². The van der Waals surface area contributed by atoms with Gasteiger partial charge < -0.3 is 5.11 Å². The first kappa shape index (κ1) is 15.4. The summed E-state index contributed by atoms with van der Waals surface area (Å²) in [4.78, 5) is 10.7. The molecular formula is C18H16N2O2S. The number of carboxylic acids is 1. The number of carbonyl (C=O) groups is 1. The molecule has 4 nitrogen and oxygen atoms in total. The molecule has 1 N–H and O–H groups in total. The van der Waals surface area contributed by atoms with Crippen LogP contribution in [0.2, 0.25) is 0 Å². The van der Waals surface area contributed by atoms with Crippen molar-refractivity contribution in [1.82, 2.24) is 9.78 Å². The quantitative estimate of drug-likeness (QED) is 0.748. The summed E-state index contributed by atoms with van der Waals surface area (Å²) in [5, 5.41) is 13.5. The maximum atomic E-state index is 10.7. The molecule has 116 valence electrons. The highest BCUT2D eigenvalue weighted by atomic mass is 32.2. The summed E-state index contributed by atoms with van der Waals surface area (Å²) in [6, 6.07) is 19.9. The Bertz CT molecular complexity index is 785. The largest absolute Gasteiger partial charge is 0.481 e. The summed E-state index contributed by atoms with van der Waals surface area (Å²) < 4.78 is 1.85. The number of thioether (sulfide) groups is 1. The van der Waals surface area contributed by atoms with Gasteiger partial charge in [0.1, 0.15) is 0 Å². The molecule has 2 aromatic carbocycles. The topological polar surface area (TPSA) is 55.1 Å². The Labute approximate surface area is 138 Å². The Morgan fingerprint density at radius 3 is 2.35 bits per heavy atom. The van der Waals surface area contributed by atoms with Crippen molar-refractivity contribution in [3.63, 3.8) is 0 Å². The second-order valence-electron chi connectivity index (χ2n) is 5.04. The van der Waals surface area contributed by atoms with Crippen molar-refractivity contribution in [1.29, 1.82) is 0 Å². The molecule has 0 unspecified atom stereocenters. The van der Waals surface area contributed by atoms with Crippen molar-refractivity contribution in [2.24, 2.45) is 0 Å². The van der Waals surface area contributed by atoms with E-state index in [-0.39, 0.29) is 5.75 Å². The van der Waals surface area contributed by atoms with Crippen LogP contribution >= 0.6 is 11.8 Å². The van der Waals surface area contributed by atoms with E-state index < -0.39 is 5.97 Å². The van der Waals surface area contributed by atoms with E-state index in [0.717, 1.165) is 22.5 Å². The molecule has 0 radical (unpaired) electrons. The number of rotatable bonds is 6. The van der Waals surface area contributed by atoms with Gasteiger partial charge in [0.05, 0.1) is 17.1 Å². The molecule has 0 fully saturated rings. The third-order valence-electron chi connectivity index (χ3n) is 3.34. The standard InChI is InChI=1S/C18H16N2O2S/c21-17(22)13-23-12-15-11-20(16-9-5-2-6-10-16)19-18(15)14-7-3-1-4-8-14/h1-11H,12-13H2,(H,21,22). The molecule has 0 saturated carbocycles. The predicted molar refractivity (Wildman–Crippen MR) is 92.8 cm³/mol. The third kappa shape index (κ3) is 3.81. The minimum Gasteiger partial charge on any atom is -0.481 e. The highest BCUT2D eigenvalue weighted by Gasteiger charge is 2.12. The van der Waals surface area contributed by atoms with Gasteiger partial charge in [0.15, 0.2) is 0 Å². The monoisotopic (exact) mass is 324 g/mol. The van der Waals surface area contributed by atoms with Gasteiger partial charge >= 0.3 is 5.97 Å². The summed E-state index contributed by atoms with van der Waals surface area (Å²) in [6.45, 7) is 0. The number of nitrogens with zero attached hydrogens (tertiary/aromatic N) is 2. The number of carboxylic acid groups (broad SMARTS) is 1. The minimum atomic E-state index is -0.799. The van der Waals surface area contributed by atoms with Crippen LogP contribution in [0.3, 0.4) is 0 Å². The molecule has 0 bridgehead atoms. The van der Waals surface area contributed by atoms with E-state index in [1.807, 2.05) is 71.5 Å². The van der Waals surface area contributed by atoms with Gasteiger partial charge in [-0.25, -0.2) is 4.68 Å². The van der Waals surface area contributed by atoms with E-state index in [1.54, 1.807) is 0 Å². The van der Waals surface area contributed by atoms with E-state index in [2.05, 4.69) is 0 Å². The Morgan fingerprint density at radius 2 is 1.70 bits per heavy atom. The summed E-state index contributed by atoms with van der Waals surface area (Å²) in [7, 11) is 0. The number of benzene rings is 2. The van der Waals surface area contributed by atoms with Crippen LogP contribution in [0.5, 0.6) is 0 Å². The number of aliphatic carboxylic acids is 1. The molecule has 0 aliphatic heterocycles. The fraction of sp³-hybridized carbons (Fsp3) is 0.111. The first-order chi connectivity index (χ1) is 11.2. The first-order valence-corrected chi connectivity index (χ1v) is 8.38. The van der Waals surface area contributed by atoms with Crippen LogP contribution in [0.15, 0.2) is 66.9 Å². The SMILES string of the molecule is O=C(O)CSCc1cn(-c2ccccc2)nc1-c1ccccc1. The van der Waals surface area contributed by atoms with Crippen molar-refractivity contribution in [3.05, 3.63) is 72.4 Å². The van der Waals surface area contributed by atoms with Crippen molar-refractivity contribution < 1.29 is 9.90 Å². The van der Waals surface area contributed by atoms with E-state index in [1.165, 1.54) is 11.8 Å². The Kier molecular flexibility index (Phi) is 4.78.